The van der Waals surface area contributed by atoms with Crippen molar-refractivity contribution in [2.24, 2.45) is 0 Å². The third kappa shape index (κ3) is 3.66. The second-order valence-corrected chi connectivity index (χ2v) is 16.4. The lowest BCUT2D eigenvalue weighted by Gasteiger charge is -2.12. The van der Waals surface area contributed by atoms with Crippen molar-refractivity contribution < 1.29 is 4.42 Å². The van der Waals surface area contributed by atoms with Gasteiger partial charge in [-0.1, -0.05) is 121 Å². The fourth-order valence-electron chi connectivity index (χ4n) is 11.2. The summed E-state index contributed by atoms with van der Waals surface area (Å²) >= 11 is 0. The van der Waals surface area contributed by atoms with Crippen molar-refractivity contribution in [1.29, 1.82) is 0 Å². The van der Waals surface area contributed by atoms with E-state index in [9.17, 15) is 0 Å². The van der Waals surface area contributed by atoms with Crippen molar-refractivity contribution in [2.45, 2.75) is 0 Å². The Morgan fingerprint density at radius 1 is 0.271 bits per heavy atom. The summed E-state index contributed by atoms with van der Waals surface area (Å²) < 4.78 is 11.6. The maximum atomic E-state index is 6.62. The summed E-state index contributed by atoms with van der Waals surface area (Å²) in [4.78, 5) is 0. The van der Waals surface area contributed by atoms with Crippen LogP contribution in [0.3, 0.4) is 0 Å². The zero-order valence-corrected chi connectivity index (χ0v) is 31.6. The van der Waals surface area contributed by atoms with E-state index in [4.69, 9.17) is 4.42 Å². The molecule has 3 heterocycles. The maximum Gasteiger partial charge on any atom is 0.135 e. The minimum absolute atomic E-state index is 0.884. The van der Waals surface area contributed by atoms with Gasteiger partial charge in [-0.05, 0) is 116 Å². The molecule has 59 heavy (non-hydrogen) atoms. The molecular weight excluding hydrogens is 717 g/mol. The molecule has 0 saturated carbocycles. The van der Waals surface area contributed by atoms with Crippen LogP contribution in [-0.4, -0.2) is 9.13 Å². The van der Waals surface area contributed by atoms with Crippen LogP contribution in [0.4, 0.5) is 0 Å². The van der Waals surface area contributed by atoms with Gasteiger partial charge in [0.2, 0.25) is 0 Å². The molecular formula is C56H30N2O. The Bertz CT molecular complexity index is 3810. The zero-order chi connectivity index (χ0) is 38.1. The first kappa shape index (κ1) is 30.3. The van der Waals surface area contributed by atoms with Crippen LogP contribution in [0.5, 0.6) is 0 Å². The van der Waals surface area contributed by atoms with Crippen LogP contribution in [-0.2, 0) is 0 Å². The van der Waals surface area contributed by atoms with Gasteiger partial charge in [-0.3, -0.25) is 0 Å². The molecule has 0 unspecified atom stereocenters. The Morgan fingerprint density at radius 3 is 1.14 bits per heavy atom. The second kappa shape index (κ2) is 10.5. The largest absolute Gasteiger partial charge is 0.456 e. The van der Waals surface area contributed by atoms with Gasteiger partial charge in [-0.15, -0.1) is 0 Å². The molecule has 10 aromatic carbocycles. The molecule has 0 spiro atoms. The standard InChI is InChI=1S/C56H30N2O/c1-3-13-35-33(11-1)39-17-9-19-41-53(39)45(35)29-47-37-15-5-7-21-49(37)57(55(41)47)31-23-25-51-43(27-31)44-28-32(24-26-52(44)59-51)58-50-22-8-6-16-38(50)48-30-46-36-14-4-2-12-34(36)40-18-10-20-42(54(40)46)56(48)58/h1-30H. The summed E-state index contributed by atoms with van der Waals surface area (Å²) in [6.07, 6.45) is 0. The number of hydrogen-bond acceptors (Lipinski definition) is 1. The van der Waals surface area contributed by atoms with E-state index in [0.29, 0.717) is 0 Å². The number of aromatic nitrogens is 2. The molecule has 0 aliphatic heterocycles. The number of para-hydroxylation sites is 2. The molecule has 3 heteroatoms. The van der Waals surface area contributed by atoms with E-state index in [1.807, 2.05) is 0 Å². The number of fused-ring (bicyclic) bond motifs is 17. The summed E-state index contributed by atoms with van der Waals surface area (Å²) in [5.41, 5.74) is 19.4. The van der Waals surface area contributed by atoms with Crippen LogP contribution in [0.2, 0.25) is 0 Å². The lowest BCUT2D eigenvalue weighted by Crippen LogP contribution is -1.95. The van der Waals surface area contributed by atoms with E-state index in [1.54, 1.807) is 0 Å². The van der Waals surface area contributed by atoms with Crippen LogP contribution < -0.4 is 0 Å². The smallest absolute Gasteiger partial charge is 0.135 e. The fourth-order valence-corrected chi connectivity index (χ4v) is 11.2. The highest BCUT2D eigenvalue weighted by Crippen LogP contribution is 2.53. The van der Waals surface area contributed by atoms with Crippen LogP contribution >= 0.6 is 0 Å². The fraction of sp³-hybridized carbons (Fsp3) is 0. The molecule has 0 radical (unpaired) electrons. The number of nitrogens with zero attached hydrogens (tertiary/aromatic N) is 2. The van der Waals surface area contributed by atoms with Crippen LogP contribution in [0.25, 0.3) is 143 Å². The van der Waals surface area contributed by atoms with Gasteiger partial charge in [-0.2, -0.15) is 0 Å². The molecule has 0 bridgehead atoms. The molecule has 0 N–H and O–H groups in total. The molecule has 0 fully saturated rings. The van der Waals surface area contributed by atoms with Crippen LogP contribution in [0.1, 0.15) is 0 Å². The van der Waals surface area contributed by atoms with E-state index >= 15 is 0 Å². The summed E-state index contributed by atoms with van der Waals surface area (Å²) in [6, 6.07) is 67.4. The summed E-state index contributed by atoms with van der Waals surface area (Å²) in [5.74, 6) is 0. The highest BCUT2D eigenvalue weighted by molar-refractivity contribution is 6.29. The van der Waals surface area contributed by atoms with Crippen LogP contribution in [0, 0.1) is 0 Å². The molecule has 2 aliphatic carbocycles. The Morgan fingerprint density at radius 2 is 0.661 bits per heavy atom. The van der Waals surface area contributed by atoms with Crippen molar-refractivity contribution in [2.75, 3.05) is 0 Å². The molecule has 3 nitrogen and oxygen atoms in total. The monoisotopic (exact) mass is 746 g/mol. The predicted molar refractivity (Wildman–Crippen MR) is 246 cm³/mol. The van der Waals surface area contributed by atoms with Crippen molar-refractivity contribution in [3.8, 4) is 55.9 Å². The Labute approximate surface area is 337 Å². The lowest BCUT2D eigenvalue weighted by atomic mass is 9.99. The third-order valence-electron chi connectivity index (χ3n) is 13.6. The van der Waals surface area contributed by atoms with E-state index in [-0.39, 0.29) is 0 Å². The molecule has 2 aliphatic rings. The van der Waals surface area contributed by atoms with Gasteiger partial charge in [0, 0.05) is 54.5 Å². The average molecular weight is 747 g/mol. The van der Waals surface area contributed by atoms with Gasteiger partial charge < -0.3 is 13.6 Å². The Kier molecular flexibility index (Phi) is 5.41. The quantitative estimate of drug-likeness (QED) is 0.173. The van der Waals surface area contributed by atoms with Gasteiger partial charge in [-0.25, -0.2) is 0 Å². The first-order valence-electron chi connectivity index (χ1n) is 20.4. The van der Waals surface area contributed by atoms with Gasteiger partial charge >= 0.3 is 0 Å². The number of rotatable bonds is 2. The van der Waals surface area contributed by atoms with Crippen molar-refractivity contribution in [3.63, 3.8) is 0 Å². The molecule has 0 atom stereocenters. The highest BCUT2D eigenvalue weighted by atomic mass is 16.3. The molecule has 0 amide bonds. The van der Waals surface area contributed by atoms with Crippen molar-refractivity contribution >= 4 is 87.1 Å². The predicted octanol–water partition coefficient (Wildman–Crippen LogP) is 15.4. The molecule has 13 aromatic rings. The number of furan rings is 1. The van der Waals surface area contributed by atoms with Gasteiger partial charge in [0.05, 0.1) is 22.1 Å². The lowest BCUT2D eigenvalue weighted by molar-refractivity contribution is 0.669. The second-order valence-electron chi connectivity index (χ2n) is 16.4. The van der Waals surface area contributed by atoms with E-state index in [2.05, 4.69) is 191 Å². The minimum Gasteiger partial charge on any atom is -0.456 e. The first-order valence-corrected chi connectivity index (χ1v) is 20.4. The minimum atomic E-state index is 0.884. The Hall–Kier alpha value is -7.88. The average Bonchev–Trinajstić information content (AvgIpc) is 4.09. The van der Waals surface area contributed by atoms with Gasteiger partial charge in [0.1, 0.15) is 11.2 Å². The number of hydrogen-bond donors (Lipinski definition) is 0. The molecule has 3 aromatic heterocycles. The van der Waals surface area contributed by atoms with E-state index in [0.717, 1.165) is 33.3 Å². The van der Waals surface area contributed by atoms with Crippen molar-refractivity contribution in [1.82, 2.24) is 9.13 Å². The highest BCUT2D eigenvalue weighted by Gasteiger charge is 2.27. The summed E-state index contributed by atoms with van der Waals surface area (Å²) in [5, 5.41) is 12.5. The Balaban J connectivity index is 0.999. The molecule has 0 saturated heterocycles. The maximum absolute atomic E-state index is 6.62. The van der Waals surface area contributed by atoms with E-state index in [1.165, 1.54) is 110 Å². The summed E-state index contributed by atoms with van der Waals surface area (Å²) in [7, 11) is 0. The molecule has 270 valence electrons. The van der Waals surface area contributed by atoms with Gasteiger partial charge in [0.25, 0.3) is 0 Å². The van der Waals surface area contributed by atoms with Crippen LogP contribution in [0.15, 0.2) is 186 Å². The normalized spacial score (nSPS) is 12.7. The summed E-state index contributed by atoms with van der Waals surface area (Å²) in [6.45, 7) is 0. The van der Waals surface area contributed by atoms with Crippen molar-refractivity contribution in [3.05, 3.63) is 182 Å². The molecule has 15 rings (SSSR count). The number of benzene rings is 10. The van der Waals surface area contributed by atoms with Gasteiger partial charge in [0.15, 0.2) is 0 Å². The van der Waals surface area contributed by atoms with E-state index < -0.39 is 0 Å². The first-order chi connectivity index (χ1) is 29.3. The topological polar surface area (TPSA) is 23.0 Å². The SMILES string of the molecule is c1ccc2c(c1)-c1cccc3c1c-2cc1c2ccccc2n(-c2ccc4oc5ccc(-n6c7ccccc7c7cc8c9c(cccc9c76)-c6ccccc6-8)cc5c4c2)c31. The third-order valence-corrected chi connectivity index (χ3v) is 13.6. The zero-order valence-electron chi connectivity index (χ0n) is 31.6.